The zero-order chi connectivity index (χ0) is 18.0. The van der Waals surface area contributed by atoms with Gasteiger partial charge in [0.2, 0.25) is 11.6 Å². The van der Waals surface area contributed by atoms with E-state index < -0.39 is 60.5 Å². The predicted octanol–water partition coefficient (Wildman–Crippen LogP) is -0.364. The molecule has 0 saturated carbocycles. The van der Waals surface area contributed by atoms with Gasteiger partial charge in [-0.3, -0.25) is 14.1 Å². The van der Waals surface area contributed by atoms with Crippen LogP contribution >= 0.6 is 0 Å². The van der Waals surface area contributed by atoms with Gasteiger partial charge in [-0.15, -0.1) is 0 Å². The van der Waals surface area contributed by atoms with Crippen LogP contribution in [0.3, 0.4) is 0 Å². The fourth-order valence-electron chi connectivity index (χ4n) is 2.66. The number of carbonyl (C=O) groups is 2. The van der Waals surface area contributed by atoms with Crippen molar-refractivity contribution in [3.8, 4) is 11.5 Å². The standard InChI is InChI=1S/C14H10N2O7S.Na.H/c15-4-1-2-6(17)10-8(4)14(20)11-9(13(10)19)5(16)3-7(12(11)18)24(21,22)23;;/h1-3,17-18H,15-16H2,(H,21,22,23);;. The summed E-state index contributed by atoms with van der Waals surface area (Å²) in [5.41, 5.74) is 8.75. The van der Waals surface area contributed by atoms with Gasteiger partial charge in [0.15, 0.2) is 0 Å². The van der Waals surface area contributed by atoms with E-state index >= 15 is 0 Å². The Hall–Kier alpha value is -2.11. The van der Waals surface area contributed by atoms with E-state index in [0.717, 1.165) is 6.07 Å². The molecular weight excluding hydrogens is 363 g/mol. The van der Waals surface area contributed by atoms with Crippen LogP contribution in [-0.2, 0) is 10.1 Å². The third-order valence-corrected chi connectivity index (χ3v) is 4.56. The Labute approximate surface area is 163 Å². The van der Waals surface area contributed by atoms with Crippen molar-refractivity contribution in [2.45, 2.75) is 4.90 Å². The summed E-state index contributed by atoms with van der Waals surface area (Å²) in [5.74, 6) is -3.53. The Balaban J connectivity index is 0.00000225. The van der Waals surface area contributed by atoms with Crippen LogP contribution in [0.4, 0.5) is 11.4 Å². The molecular formula is C14H11N2NaO7S. The summed E-state index contributed by atoms with van der Waals surface area (Å²) < 4.78 is 31.8. The van der Waals surface area contributed by atoms with Crippen LogP contribution in [0, 0.1) is 0 Å². The number of benzene rings is 2. The Kier molecular flexibility index (Phi) is 4.61. The fourth-order valence-corrected chi connectivity index (χ4v) is 3.28. The van der Waals surface area contributed by atoms with Gasteiger partial charge >= 0.3 is 29.6 Å². The van der Waals surface area contributed by atoms with E-state index in [2.05, 4.69) is 0 Å². The van der Waals surface area contributed by atoms with Crippen LogP contribution in [0.2, 0.25) is 0 Å². The maximum absolute atomic E-state index is 12.6. The molecule has 0 atom stereocenters. The van der Waals surface area contributed by atoms with Gasteiger partial charge in [-0.25, -0.2) is 0 Å². The first-order valence-corrected chi connectivity index (χ1v) is 7.83. The van der Waals surface area contributed by atoms with Crippen LogP contribution in [0.1, 0.15) is 31.8 Å². The van der Waals surface area contributed by atoms with Gasteiger partial charge in [0.05, 0.1) is 22.3 Å². The molecule has 126 valence electrons. The van der Waals surface area contributed by atoms with Crippen LogP contribution in [0.15, 0.2) is 23.1 Å². The molecule has 1 aliphatic carbocycles. The quantitative estimate of drug-likeness (QED) is 0.164. The van der Waals surface area contributed by atoms with E-state index in [9.17, 15) is 28.2 Å². The van der Waals surface area contributed by atoms with Crippen molar-refractivity contribution in [3.05, 3.63) is 40.5 Å². The molecule has 9 nitrogen and oxygen atoms in total. The number of anilines is 2. The molecule has 11 heteroatoms. The molecule has 25 heavy (non-hydrogen) atoms. The van der Waals surface area contributed by atoms with Crippen molar-refractivity contribution in [1.82, 2.24) is 0 Å². The summed E-state index contributed by atoms with van der Waals surface area (Å²) in [7, 11) is -4.90. The van der Waals surface area contributed by atoms with E-state index in [4.69, 9.17) is 16.0 Å². The topological polar surface area (TPSA) is 181 Å². The van der Waals surface area contributed by atoms with Crippen molar-refractivity contribution in [2.75, 3.05) is 11.5 Å². The third kappa shape index (κ3) is 2.68. The molecule has 0 bridgehead atoms. The second-order valence-electron chi connectivity index (χ2n) is 5.12. The molecule has 7 N–H and O–H groups in total. The molecule has 2 aromatic carbocycles. The summed E-state index contributed by atoms with van der Waals surface area (Å²) in [6.07, 6.45) is 0. The van der Waals surface area contributed by atoms with E-state index in [1.165, 1.54) is 6.07 Å². The molecule has 0 heterocycles. The first-order valence-electron chi connectivity index (χ1n) is 6.39. The van der Waals surface area contributed by atoms with Crippen LogP contribution in [0.5, 0.6) is 11.5 Å². The molecule has 2 aromatic rings. The second-order valence-corrected chi connectivity index (χ2v) is 6.51. The predicted molar refractivity (Wildman–Crippen MR) is 88.9 cm³/mol. The number of phenols is 2. The number of phenolic OH excluding ortho intramolecular Hbond substituents is 2. The molecule has 0 radical (unpaired) electrons. The van der Waals surface area contributed by atoms with Crippen molar-refractivity contribution < 1.29 is 32.8 Å². The average Bonchev–Trinajstić information content (AvgIpc) is 2.47. The summed E-state index contributed by atoms with van der Waals surface area (Å²) in [5, 5.41) is 20.0. The molecule has 0 amide bonds. The number of nitrogens with two attached hydrogens (primary N) is 2. The minimum atomic E-state index is -4.90. The van der Waals surface area contributed by atoms with Crippen molar-refractivity contribution >= 4 is 62.6 Å². The fraction of sp³-hybridized carbons (Fsp3) is 0. The first-order chi connectivity index (χ1) is 11.1. The van der Waals surface area contributed by atoms with E-state index in [-0.39, 0.29) is 40.8 Å². The zero-order valence-electron chi connectivity index (χ0n) is 11.8. The minimum absolute atomic E-state index is 0. The number of hydrogen-bond acceptors (Lipinski definition) is 8. The summed E-state index contributed by atoms with van der Waals surface area (Å²) in [4.78, 5) is 24.2. The molecule has 0 saturated heterocycles. The van der Waals surface area contributed by atoms with E-state index in [1.54, 1.807) is 0 Å². The molecule has 1 aliphatic rings. The Morgan fingerprint density at radius 2 is 1.36 bits per heavy atom. The molecule has 0 aromatic heterocycles. The summed E-state index contributed by atoms with van der Waals surface area (Å²) in [6.45, 7) is 0. The Bertz CT molecular complexity index is 1060. The number of rotatable bonds is 1. The van der Waals surface area contributed by atoms with Gasteiger partial charge in [0.1, 0.15) is 16.4 Å². The third-order valence-electron chi connectivity index (χ3n) is 3.70. The van der Waals surface area contributed by atoms with Gasteiger partial charge in [0, 0.05) is 11.4 Å². The van der Waals surface area contributed by atoms with Crippen LogP contribution in [-0.4, -0.2) is 64.3 Å². The molecule has 0 spiro atoms. The Morgan fingerprint density at radius 1 is 0.840 bits per heavy atom. The molecule has 3 rings (SSSR count). The van der Waals surface area contributed by atoms with Crippen LogP contribution in [0.25, 0.3) is 0 Å². The molecule has 0 unspecified atom stereocenters. The average molecular weight is 374 g/mol. The maximum atomic E-state index is 12.6. The number of aromatic hydroxyl groups is 2. The number of fused-ring (bicyclic) bond motifs is 2. The second kappa shape index (κ2) is 6.00. The van der Waals surface area contributed by atoms with Gasteiger partial charge < -0.3 is 21.7 Å². The Morgan fingerprint density at radius 3 is 1.92 bits per heavy atom. The number of nitrogen functional groups attached to an aromatic ring is 2. The SMILES string of the molecule is Nc1ccc(O)c2c1C(=O)c1c(O)c(S(=O)(=O)O)cc(N)c1C2=O.[NaH]. The normalized spacial score (nSPS) is 13.0. The van der Waals surface area contributed by atoms with Gasteiger partial charge in [-0.2, -0.15) is 8.42 Å². The monoisotopic (exact) mass is 374 g/mol. The number of carbonyl (C=O) groups excluding carboxylic acids is 2. The van der Waals surface area contributed by atoms with Crippen LogP contribution < -0.4 is 11.5 Å². The summed E-state index contributed by atoms with van der Waals surface area (Å²) in [6, 6.07) is 2.95. The van der Waals surface area contributed by atoms with Gasteiger partial charge in [-0.1, -0.05) is 0 Å². The van der Waals surface area contributed by atoms with Crippen molar-refractivity contribution in [3.63, 3.8) is 0 Å². The van der Waals surface area contributed by atoms with E-state index in [1.807, 2.05) is 0 Å². The van der Waals surface area contributed by atoms with Gasteiger partial charge in [-0.05, 0) is 18.2 Å². The van der Waals surface area contributed by atoms with Crippen molar-refractivity contribution in [1.29, 1.82) is 0 Å². The molecule has 0 aliphatic heterocycles. The number of ketones is 2. The summed E-state index contributed by atoms with van der Waals surface area (Å²) >= 11 is 0. The molecule has 0 fully saturated rings. The van der Waals surface area contributed by atoms with E-state index in [0.29, 0.717) is 6.07 Å². The zero-order valence-corrected chi connectivity index (χ0v) is 12.6. The first kappa shape index (κ1) is 19.2. The number of hydrogen-bond donors (Lipinski definition) is 5. The van der Waals surface area contributed by atoms with Gasteiger partial charge in [0.25, 0.3) is 10.1 Å². The van der Waals surface area contributed by atoms with Crippen molar-refractivity contribution in [2.24, 2.45) is 0 Å².